The third kappa shape index (κ3) is 2.95. The molecule has 1 fully saturated rings. The summed E-state index contributed by atoms with van der Waals surface area (Å²) in [6.07, 6.45) is 3.09. The molecule has 0 aromatic carbocycles. The number of hydrogen-bond donors (Lipinski definition) is 1. The van der Waals surface area contributed by atoms with E-state index in [1.165, 1.54) is 6.33 Å². The summed E-state index contributed by atoms with van der Waals surface area (Å²) >= 11 is 0. The molecule has 0 amide bonds. The fourth-order valence-corrected chi connectivity index (χ4v) is 3.72. The van der Waals surface area contributed by atoms with Crippen LogP contribution in [0.15, 0.2) is 6.33 Å². The summed E-state index contributed by atoms with van der Waals surface area (Å²) in [6.45, 7) is 1.81. The van der Waals surface area contributed by atoms with E-state index in [1.54, 1.807) is 6.92 Å². The first-order valence-electron chi connectivity index (χ1n) is 5.98. The number of nitrogens with zero attached hydrogens (tertiary/aromatic N) is 2. The Bertz CT molecular complexity index is 533. The molecule has 0 saturated carbocycles. The molecule has 0 radical (unpaired) electrons. The maximum Gasteiger partial charge on any atom is 0.186 e. The lowest BCUT2D eigenvalue weighted by Gasteiger charge is -2.23. The van der Waals surface area contributed by atoms with Crippen molar-refractivity contribution in [3.05, 3.63) is 17.8 Å². The summed E-state index contributed by atoms with van der Waals surface area (Å²) in [4.78, 5) is 7.67. The van der Waals surface area contributed by atoms with Gasteiger partial charge in [-0.2, -0.15) is 0 Å². The average molecular weight is 273 g/mol. The highest BCUT2D eigenvalue weighted by Crippen LogP contribution is 2.19. The number of halogens is 1. The van der Waals surface area contributed by atoms with E-state index in [9.17, 15) is 12.8 Å². The molecule has 0 aliphatic carbocycles. The number of hydrogen-bond acceptors (Lipinski definition) is 5. The SMILES string of the molecule is CCc1ncnc(NC2CCCS(=O)(=O)C2)c1F. The van der Waals surface area contributed by atoms with E-state index in [0.717, 1.165) is 0 Å². The zero-order chi connectivity index (χ0) is 13.2. The van der Waals surface area contributed by atoms with Gasteiger partial charge in [0.2, 0.25) is 0 Å². The van der Waals surface area contributed by atoms with Gasteiger partial charge in [0.15, 0.2) is 21.5 Å². The fourth-order valence-electron chi connectivity index (χ4n) is 2.08. The summed E-state index contributed by atoms with van der Waals surface area (Å²) in [5.41, 5.74) is 0.339. The predicted molar refractivity (Wildman–Crippen MR) is 66.7 cm³/mol. The molecule has 1 aromatic heterocycles. The van der Waals surface area contributed by atoms with Gasteiger partial charge in [0.05, 0.1) is 17.2 Å². The molecule has 1 saturated heterocycles. The number of anilines is 1. The van der Waals surface area contributed by atoms with E-state index < -0.39 is 15.7 Å². The Morgan fingerprint density at radius 2 is 2.28 bits per heavy atom. The van der Waals surface area contributed by atoms with Crippen LogP contribution in [-0.4, -0.2) is 35.9 Å². The van der Waals surface area contributed by atoms with Gasteiger partial charge in [-0.3, -0.25) is 0 Å². The van der Waals surface area contributed by atoms with Gasteiger partial charge in [-0.1, -0.05) is 6.92 Å². The maximum atomic E-state index is 13.9. The molecule has 1 aromatic rings. The van der Waals surface area contributed by atoms with Crippen molar-refractivity contribution in [2.24, 2.45) is 0 Å². The molecular weight excluding hydrogens is 257 g/mol. The Balaban J connectivity index is 2.14. The van der Waals surface area contributed by atoms with Crippen molar-refractivity contribution < 1.29 is 12.8 Å². The van der Waals surface area contributed by atoms with Gasteiger partial charge >= 0.3 is 0 Å². The van der Waals surface area contributed by atoms with Crippen LogP contribution in [0.2, 0.25) is 0 Å². The highest BCUT2D eigenvalue weighted by atomic mass is 32.2. The molecule has 7 heteroatoms. The molecule has 100 valence electrons. The summed E-state index contributed by atoms with van der Waals surface area (Å²) in [5.74, 6) is -0.123. The van der Waals surface area contributed by atoms with Crippen LogP contribution in [0.5, 0.6) is 0 Å². The molecule has 1 N–H and O–H groups in total. The van der Waals surface area contributed by atoms with E-state index in [0.29, 0.717) is 25.0 Å². The number of sulfone groups is 1. The van der Waals surface area contributed by atoms with E-state index >= 15 is 0 Å². The van der Waals surface area contributed by atoms with Crippen LogP contribution in [0.3, 0.4) is 0 Å². The van der Waals surface area contributed by atoms with Crippen molar-refractivity contribution in [2.45, 2.75) is 32.2 Å². The summed E-state index contributed by atoms with van der Waals surface area (Å²) in [5, 5.41) is 2.87. The highest BCUT2D eigenvalue weighted by molar-refractivity contribution is 7.91. The van der Waals surface area contributed by atoms with Gasteiger partial charge in [0, 0.05) is 6.04 Å². The molecule has 1 unspecified atom stereocenters. The first-order valence-corrected chi connectivity index (χ1v) is 7.80. The molecular formula is C11H16FN3O2S. The first-order chi connectivity index (χ1) is 8.52. The second-order valence-corrected chi connectivity index (χ2v) is 6.66. The Morgan fingerprint density at radius 3 is 2.94 bits per heavy atom. The Labute approximate surface area is 106 Å². The maximum absolute atomic E-state index is 13.9. The van der Waals surface area contributed by atoms with Gasteiger partial charge in [0.25, 0.3) is 0 Å². The van der Waals surface area contributed by atoms with Crippen LogP contribution in [0.25, 0.3) is 0 Å². The smallest absolute Gasteiger partial charge is 0.186 e. The largest absolute Gasteiger partial charge is 0.364 e. The van der Waals surface area contributed by atoms with Crippen molar-refractivity contribution in [3.63, 3.8) is 0 Å². The van der Waals surface area contributed by atoms with E-state index in [-0.39, 0.29) is 23.4 Å². The van der Waals surface area contributed by atoms with Crippen molar-refractivity contribution in [1.82, 2.24) is 9.97 Å². The van der Waals surface area contributed by atoms with Crippen LogP contribution in [0, 0.1) is 5.82 Å². The lowest BCUT2D eigenvalue weighted by molar-refractivity contribution is 0.555. The van der Waals surface area contributed by atoms with E-state index in [1.807, 2.05) is 0 Å². The quantitative estimate of drug-likeness (QED) is 0.895. The molecule has 1 aliphatic heterocycles. The zero-order valence-corrected chi connectivity index (χ0v) is 11.0. The minimum Gasteiger partial charge on any atom is -0.364 e. The van der Waals surface area contributed by atoms with Crippen LogP contribution in [0.4, 0.5) is 10.2 Å². The monoisotopic (exact) mass is 273 g/mol. The number of nitrogens with one attached hydrogen (secondary N) is 1. The first kappa shape index (κ1) is 13.2. The predicted octanol–water partition coefficient (Wildman–Crippen LogP) is 1.17. The normalized spacial score (nSPS) is 22.7. The van der Waals surface area contributed by atoms with Crippen LogP contribution in [0.1, 0.15) is 25.5 Å². The number of rotatable bonds is 3. The van der Waals surface area contributed by atoms with Crippen molar-refractivity contribution >= 4 is 15.7 Å². The van der Waals surface area contributed by atoms with Gasteiger partial charge < -0.3 is 5.32 Å². The number of aromatic nitrogens is 2. The lowest BCUT2D eigenvalue weighted by Crippen LogP contribution is -2.35. The third-order valence-corrected chi connectivity index (χ3v) is 4.82. The van der Waals surface area contributed by atoms with E-state index in [4.69, 9.17) is 0 Å². The molecule has 0 spiro atoms. The van der Waals surface area contributed by atoms with Gasteiger partial charge in [-0.05, 0) is 19.3 Å². The number of aryl methyl sites for hydroxylation is 1. The van der Waals surface area contributed by atoms with Crippen LogP contribution < -0.4 is 5.32 Å². The van der Waals surface area contributed by atoms with E-state index in [2.05, 4.69) is 15.3 Å². The molecule has 2 heterocycles. The van der Waals surface area contributed by atoms with Crippen LogP contribution >= 0.6 is 0 Å². The average Bonchev–Trinajstić information content (AvgIpc) is 2.31. The summed E-state index contributed by atoms with van der Waals surface area (Å²) in [6, 6.07) is -0.266. The van der Waals surface area contributed by atoms with Gasteiger partial charge in [-0.25, -0.2) is 22.8 Å². The molecule has 18 heavy (non-hydrogen) atoms. The molecule has 2 rings (SSSR count). The van der Waals surface area contributed by atoms with Gasteiger partial charge in [-0.15, -0.1) is 0 Å². The molecule has 1 atom stereocenters. The third-order valence-electron chi connectivity index (χ3n) is 3.00. The molecule has 5 nitrogen and oxygen atoms in total. The minimum atomic E-state index is -3.01. The Kier molecular flexibility index (Phi) is 3.79. The highest BCUT2D eigenvalue weighted by Gasteiger charge is 2.25. The van der Waals surface area contributed by atoms with Gasteiger partial charge in [0.1, 0.15) is 6.33 Å². The molecule has 1 aliphatic rings. The van der Waals surface area contributed by atoms with Crippen molar-refractivity contribution in [1.29, 1.82) is 0 Å². The molecule has 0 bridgehead atoms. The second-order valence-electron chi connectivity index (χ2n) is 4.43. The van der Waals surface area contributed by atoms with Crippen LogP contribution in [-0.2, 0) is 16.3 Å². The fraction of sp³-hybridized carbons (Fsp3) is 0.636. The zero-order valence-electron chi connectivity index (χ0n) is 10.2. The minimum absolute atomic E-state index is 0.0396. The second kappa shape index (κ2) is 5.17. The summed E-state index contributed by atoms with van der Waals surface area (Å²) in [7, 11) is -3.01. The Morgan fingerprint density at radius 1 is 1.50 bits per heavy atom. The Hall–Kier alpha value is -1.24. The van der Waals surface area contributed by atoms with Crippen molar-refractivity contribution in [2.75, 3.05) is 16.8 Å². The summed E-state index contributed by atoms with van der Waals surface area (Å²) < 4.78 is 36.9. The lowest BCUT2D eigenvalue weighted by atomic mass is 10.2. The standard InChI is InChI=1S/C11H16FN3O2S/c1-2-9-10(12)11(14-7-13-9)15-8-4-3-5-18(16,17)6-8/h7-8H,2-6H2,1H3,(H,13,14,15). The van der Waals surface area contributed by atoms with Crippen molar-refractivity contribution in [3.8, 4) is 0 Å². The topological polar surface area (TPSA) is 72.0 Å².